The van der Waals surface area contributed by atoms with Gasteiger partial charge in [-0.3, -0.25) is 4.90 Å². The van der Waals surface area contributed by atoms with Crippen molar-refractivity contribution in [2.45, 2.75) is 43.7 Å². The fourth-order valence-electron chi connectivity index (χ4n) is 5.00. The van der Waals surface area contributed by atoms with Crippen molar-refractivity contribution >= 4 is 0 Å². The van der Waals surface area contributed by atoms with E-state index in [9.17, 15) is 10.4 Å². The minimum absolute atomic E-state index is 0.00963. The molecule has 4 rings (SSSR count). The van der Waals surface area contributed by atoms with Crippen LogP contribution in [0.5, 0.6) is 0 Å². The van der Waals surface area contributed by atoms with Crippen molar-refractivity contribution in [3.05, 3.63) is 70.3 Å². The summed E-state index contributed by atoms with van der Waals surface area (Å²) in [6.07, 6.45) is 1.72. The van der Waals surface area contributed by atoms with E-state index in [2.05, 4.69) is 50.1 Å². The van der Waals surface area contributed by atoms with Crippen LogP contribution >= 0.6 is 0 Å². The summed E-state index contributed by atoms with van der Waals surface area (Å²) >= 11 is 0. The Morgan fingerprint density at radius 2 is 2.04 bits per heavy atom. The molecule has 2 bridgehead atoms. The maximum atomic E-state index is 12.2. The molecule has 1 fully saturated rings. The molecule has 0 spiro atoms. The average Bonchev–Trinajstić information content (AvgIpc) is 2.62. The zero-order valence-corrected chi connectivity index (χ0v) is 15.1. The molecular weight excluding hydrogens is 308 g/mol. The predicted molar refractivity (Wildman–Crippen MR) is 98.3 cm³/mol. The van der Waals surface area contributed by atoms with Gasteiger partial charge >= 0.3 is 0 Å². The molecule has 0 radical (unpaired) electrons. The lowest BCUT2D eigenvalue weighted by molar-refractivity contribution is -0.141. The molecule has 1 N–H and O–H groups in total. The SMILES string of the molecule is Cc1ccc2c(c1)[C@@]1(C)CCN(C)[C@H](C2)[C@]1(O)c1cccc(C#N)c1. The highest BCUT2D eigenvalue weighted by Gasteiger charge is 2.60. The van der Waals surface area contributed by atoms with Gasteiger partial charge in [0, 0.05) is 11.5 Å². The zero-order valence-electron chi connectivity index (χ0n) is 15.1. The highest BCUT2D eigenvalue weighted by atomic mass is 16.3. The van der Waals surface area contributed by atoms with Crippen LogP contribution in [-0.4, -0.2) is 29.6 Å². The predicted octanol–water partition coefficient (Wildman–Crippen LogP) is 3.27. The van der Waals surface area contributed by atoms with E-state index in [-0.39, 0.29) is 11.5 Å². The lowest BCUT2D eigenvalue weighted by Gasteiger charge is -2.60. The molecule has 2 aromatic carbocycles. The van der Waals surface area contributed by atoms with E-state index in [1.165, 1.54) is 16.7 Å². The van der Waals surface area contributed by atoms with Crippen molar-refractivity contribution in [3.8, 4) is 6.07 Å². The van der Waals surface area contributed by atoms with Crippen molar-refractivity contribution in [2.24, 2.45) is 0 Å². The second kappa shape index (κ2) is 5.42. The van der Waals surface area contributed by atoms with Gasteiger partial charge in [0.1, 0.15) is 5.60 Å². The Kier molecular flexibility index (Phi) is 3.54. The first-order valence-corrected chi connectivity index (χ1v) is 8.93. The fourth-order valence-corrected chi connectivity index (χ4v) is 5.00. The van der Waals surface area contributed by atoms with Gasteiger partial charge in [0.05, 0.1) is 11.6 Å². The molecule has 0 aromatic heterocycles. The van der Waals surface area contributed by atoms with Crippen LogP contribution in [-0.2, 0) is 17.4 Å². The van der Waals surface area contributed by atoms with Gasteiger partial charge < -0.3 is 5.11 Å². The van der Waals surface area contributed by atoms with E-state index in [4.69, 9.17) is 0 Å². The Balaban J connectivity index is 1.99. The van der Waals surface area contributed by atoms with Gasteiger partial charge in [0.2, 0.25) is 0 Å². The second-order valence-corrected chi connectivity index (χ2v) is 7.90. The molecule has 2 aromatic rings. The smallest absolute Gasteiger partial charge is 0.115 e. The summed E-state index contributed by atoms with van der Waals surface area (Å²) in [4.78, 5) is 2.28. The number of likely N-dealkylation sites (tertiary alicyclic amines) is 1. The van der Waals surface area contributed by atoms with E-state index in [1.54, 1.807) is 6.07 Å². The van der Waals surface area contributed by atoms with Gasteiger partial charge in [-0.05, 0) is 62.2 Å². The third-order valence-corrected chi connectivity index (χ3v) is 6.52. The monoisotopic (exact) mass is 332 g/mol. The molecule has 1 saturated heterocycles. The van der Waals surface area contributed by atoms with Crippen LogP contribution in [0.25, 0.3) is 0 Å². The Morgan fingerprint density at radius 1 is 1.24 bits per heavy atom. The number of likely N-dealkylation sites (N-methyl/N-ethyl adjacent to an activating group) is 1. The Bertz CT molecular complexity index is 884. The van der Waals surface area contributed by atoms with Gasteiger partial charge in [0.25, 0.3) is 0 Å². The highest BCUT2D eigenvalue weighted by Crippen LogP contribution is 2.55. The quantitative estimate of drug-likeness (QED) is 0.872. The first kappa shape index (κ1) is 16.3. The number of nitrogens with zero attached hydrogens (tertiary/aromatic N) is 2. The zero-order chi connectivity index (χ0) is 17.8. The van der Waals surface area contributed by atoms with E-state index >= 15 is 0 Å². The average molecular weight is 332 g/mol. The van der Waals surface area contributed by atoms with Gasteiger partial charge in [-0.2, -0.15) is 5.26 Å². The van der Waals surface area contributed by atoms with Crippen LogP contribution in [0.3, 0.4) is 0 Å². The maximum Gasteiger partial charge on any atom is 0.115 e. The van der Waals surface area contributed by atoms with Crippen molar-refractivity contribution in [1.29, 1.82) is 5.26 Å². The number of benzene rings is 2. The normalized spacial score (nSPS) is 31.2. The summed E-state index contributed by atoms with van der Waals surface area (Å²) in [5.74, 6) is 0. The Hall–Kier alpha value is -2.15. The van der Waals surface area contributed by atoms with Gasteiger partial charge in [-0.1, -0.05) is 42.8 Å². The summed E-state index contributed by atoms with van der Waals surface area (Å²) in [7, 11) is 2.10. The topological polar surface area (TPSA) is 47.3 Å². The largest absolute Gasteiger partial charge is 0.383 e. The number of aryl methyl sites for hydroxylation is 1. The Morgan fingerprint density at radius 3 is 2.80 bits per heavy atom. The molecule has 2 aliphatic rings. The van der Waals surface area contributed by atoms with Crippen molar-refractivity contribution < 1.29 is 5.11 Å². The van der Waals surface area contributed by atoms with E-state index in [0.717, 1.165) is 24.9 Å². The lowest BCUT2D eigenvalue weighted by atomic mass is 9.53. The minimum Gasteiger partial charge on any atom is -0.383 e. The summed E-state index contributed by atoms with van der Waals surface area (Å²) in [5.41, 5.74) is 3.92. The lowest BCUT2D eigenvalue weighted by Crippen LogP contribution is -2.67. The van der Waals surface area contributed by atoms with Gasteiger partial charge in [0.15, 0.2) is 0 Å². The number of piperidine rings is 1. The summed E-state index contributed by atoms with van der Waals surface area (Å²) in [5, 5.41) is 21.5. The molecule has 3 atom stereocenters. The van der Waals surface area contributed by atoms with E-state index < -0.39 is 5.60 Å². The van der Waals surface area contributed by atoms with Gasteiger partial charge in [-0.15, -0.1) is 0 Å². The first-order valence-electron chi connectivity index (χ1n) is 8.93. The summed E-state index contributed by atoms with van der Waals surface area (Å²) in [6, 6.07) is 16.4. The maximum absolute atomic E-state index is 12.2. The van der Waals surface area contributed by atoms with Crippen molar-refractivity contribution in [1.82, 2.24) is 4.90 Å². The van der Waals surface area contributed by atoms with Crippen LogP contribution in [0.15, 0.2) is 42.5 Å². The minimum atomic E-state index is -1.01. The summed E-state index contributed by atoms with van der Waals surface area (Å²) in [6.45, 7) is 5.28. The molecule has 3 nitrogen and oxygen atoms in total. The number of hydrogen-bond acceptors (Lipinski definition) is 3. The second-order valence-electron chi connectivity index (χ2n) is 7.90. The van der Waals surface area contributed by atoms with Crippen molar-refractivity contribution in [3.63, 3.8) is 0 Å². The number of hydrogen-bond donors (Lipinski definition) is 1. The van der Waals surface area contributed by atoms with Crippen molar-refractivity contribution in [2.75, 3.05) is 13.6 Å². The highest BCUT2D eigenvalue weighted by molar-refractivity contribution is 5.50. The summed E-state index contributed by atoms with van der Waals surface area (Å²) < 4.78 is 0. The number of nitriles is 1. The number of aliphatic hydroxyl groups is 1. The molecule has 25 heavy (non-hydrogen) atoms. The van der Waals surface area contributed by atoms with Crippen LogP contribution in [0.4, 0.5) is 0 Å². The third kappa shape index (κ3) is 2.11. The molecule has 1 aliphatic carbocycles. The van der Waals surface area contributed by atoms with E-state index in [1.807, 2.05) is 18.2 Å². The number of fused-ring (bicyclic) bond motifs is 4. The molecule has 0 saturated carbocycles. The molecule has 1 aliphatic heterocycles. The molecular formula is C22H24N2O. The number of rotatable bonds is 1. The molecule has 1 heterocycles. The molecule has 128 valence electrons. The van der Waals surface area contributed by atoms with Crippen LogP contribution < -0.4 is 0 Å². The van der Waals surface area contributed by atoms with Crippen LogP contribution in [0.1, 0.15) is 41.2 Å². The first-order chi connectivity index (χ1) is 11.9. The molecule has 0 amide bonds. The Labute approximate surface area is 149 Å². The van der Waals surface area contributed by atoms with Crippen LogP contribution in [0, 0.1) is 18.3 Å². The molecule has 3 heteroatoms. The third-order valence-electron chi connectivity index (χ3n) is 6.52. The van der Waals surface area contributed by atoms with Gasteiger partial charge in [-0.25, -0.2) is 0 Å². The molecule has 0 unspecified atom stereocenters. The van der Waals surface area contributed by atoms with E-state index in [0.29, 0.717) is 5.56 Å². The van der Waals surface area contributed by atoms with Crippen LogP contribution in [0.2, 0.25) is 0 Å². The standard InChI is InChI=1S/C22H24N2O/c1-15-7-8-17-13-20-22(25,18-6-4-5-16(12-18)14-23)21(2,19(17)11-15)9-10-24(20)3/h4-8,11-12,20,25H,9-10,13H2,1-3H3/t20-,21-,22-/m1/s1. The fraction of sp³-hybridized carbons (Fsp3) is 0.409.